The zero-order valence-corrected chi connectivity index (χ0v) is 10.8. The highest BCUT2D eigenvalue weighted by Gasteiger charge is 2.10. The molecule has 0 radical (unpaired) electrons. The Morgan fingerprint density at radius 1 is 1.29 bits per heavy atom. The highest BCUT2D eigenvalue weighted by molar-refractivity contribution is 7.87. The number of hydrogen-bond acceptors (Lipinski definition) is 3. The van der Waals surface area contributed by atoms with E-state index < -0.39 is 10.2 Å². The molecule has 3 N–H and O–H groups in total. The Hall–Kier alpha value is -1.11. The Bertz CT molecular complexity index is 458. The summed E-state index contributed by atoms with van der Waals surface area (Å²) in [6, 6.07) is 6.73. The molecule has 0 aliphatic carbocycles. The number of phenols is 1. The standard InChI is InChI=1S/C11H18N2O3S/c1-9(2)13-17(15,16)12-8-7-10-5-3-4-6-11(10)14/h3-6,9,12-14H,7-8H2,1-2H3. The van der Waals surface area contributed by atoms with Gasteiger partial charge in [-0.25, -0.2) is 4.72 Å². The van der Waals surface area contributed by atoms with E-state index in [1.54, 1.807) is 38.1 Å². The Balaban J connectivity index is 2.46. The molecule has 17 heavy (non-hydrogen) atoms. The van der Waals surface area contributed by atoms with Crippen molar-refractivity contribution in [3.05, 3.63) is 29.8 Å². The number of phenolic OH excluding ortho intramolecular Hbond substituents is 1. The van der Waals surface area contributed by atoms with Gasteiger partial charge in [-0.2, -0.15) is 13.1 Å². The topological polar surface area (TPSA) is 78.4 Å². The fraction of sp³-hybridized carbons (Fsp3) is 0.455. The van der Waals surface area contributed by atoms with Gasteiger partial charge in [-0.15, -0.1) is 0 Å². The van der Waals surface area contributed by atoms with E-state index in [0.29, 0.717) is 6.42 Å². The molecule has 5 nitrogen and oxygen atoms in total. The summed E-state index contributed by atoms with van der Waals surface area (Å²) in [7, 11) is -3.45. The molecule has 0 atom stereocenters. The molecule has 0 spiro atoms. The molecule has 1 aromatic carbocycles. The third-order valence-electron chi connectivity index (χ3n) is 2.07. The predicted octanol–water partition coefficient (Wildman–Crippen LogP) is 0.767. The van der Waals surface area contributed by atoms with Crippen LogP contribution in [0.2, 0.25) is 0 Å². The highest BCUT2D eigenvalue weighted by Crippen LogP contribution is 2.15. The summed E-state index contributed by atoms with van der Waals surface area (Å²) in [5, 5.41) is 9.49. The first-order chi connectivity index (χ1) is 7.91. The van der Waals surface area contributed by atoms with Crippen molar-refractivity contribution in [3.8, 4) is 5.75 Å². The van der Waals surface area contributed by atoms with Crippen LogP contribution in [0.3, 0.4) is 0 Å². The molecule has 0 aromatic heterocycles. The zero-order valence-electron chi connectivity index (χ0n) is 9.97. The lowest BCUT2D eigenvalue weighted by atomic mass is 10.1. The minimum atomic E-state index is -3.45. The minimum Gasteiger partial charge on any atom is -0.508 e. The molecule has 0 bridgehead atoms. The molecule has 1 rings (SSSR count). The maximum absolute atomic E-state index is 11.4. The fourth-order valence-electron chi connectivity index (χ4n) is 1.39. The SMILES string of the molecule is CC(C)NS(=O)(=O)NCCc1ccccc1O. The van der Waals surface area contributed by atoms with Crippen molar-refractivity contribution >= 4 is 10.2 Å². The van der Waals surface area contributed by atoms with Crippen LogP contribution in [0, 0.1) is 0 Å². The third-order valence-corrected chi connectivity index (χ3v) is 3.43. The molecule has 96 valence electrons. The van der Waals surface area contributed by atoms with Crippen LogP contribution in [0.5, 0.6) is 5.75 Å². The number of aromatic hydroxyl groups is 1. The number of benzene rings is 1. The molecule has 0 amide bonds. The van der Waals surface area contributed by atoms with Crippen molar-refractivity contribution in [3.63, 3.8) is 0 Å². The Morgan fingerprint density at radius 3 is 2.53 bits per heavy atom. The van der Waals surface area contributed by atoms with Crippen LogP contribution in [-0.2, 0) is 16.6 Å². The summed E-state index contributed by atoms with van der Waals surface area (Å²) in [6.07, 6.45) is 0.450. The summed E-state index contributed by atoms with van der Waals surface area (Å²) in [4.78, 5) is 0. The quantitative estimate of drug-likeness (QED) is 0.705. The molecule has 1 aromatic rings. The third kappa shape index (κ3) is 5.16. The summed E-state index contributed by atoms with van der Waals surface area (Å²) < 4.78 is 27.7. The van der Waals surface area contributed by atoms with Crippen LogP contribution >= 0.6 is 0 Å². The van der Waals surface area contributed by atoms with E-state index in [4.69, 9.17) is 0 Å². The normalized spacial score (nSPS) is 11.9. The second-order valence-corrected chi connectivity index (χ2v) is 5.58. The van der Waals surface area contributed by atoms with Gasteiger partial charge in [0.1, 0.15) is 5.75 Å². The Morgan fingerprint density at radius 2 is 1.94 bits per heavy atom. The molecule has 0 saturated carbocycles. The van der Waals surface area contributed by atoms with Gasteiger partial charge in [0.15, 0.2) is 0 Å². The maximum Gasteiger partial charge on any atom is 0.277 e. The first-order valence-corrected chi connectivity index (χ1v) is 6.93. The molecular formula is C11H18N2O3S. The van der Waals surface area contributed by atoms with Gasteiger partial charge in [-0.1, -0.05) is 18.2 Å². The van der Waals surface area contributed by atoms with Crippen LogP contribution < -0.4 is 9.44 Å². The van der Waals surface area contributed by atoms with Crippen LogP contribution in [-0.4, -0.2) is 26.1 Å². The van der Waals surface area contributed by atoms with Gasteiger partial charge in [0.2, 0.25) is 0 Å². The van der Waals surface area contributed by atoms with Crippen molar-refractivity contribution < 1.29 is 13.5 Å². The van der Waals surface area contributed by atoms with Crippen molar-refractivity contribution in [1.82, 2.24) is 9.44 Å². The van der Waals surface area contributed by atoms with Gasteiger partial charge in [0, 0.05) is 12.6 Å². The van der Waals surface area contributed by atoms with Crippen molar-refractivity contribution in [1.29, 1.82) is 0 Å². The molecule has 0 aliphatic rings. The van der Waals surface area contributed by atoms with E-state index in [-0.39, 0.29) is 18.3 Å². The molecule has 0 fully saturated rings. The smallest absolute Gasteiger partial charge is 0.277 e. The predicted molar refractivity (Wildman–Crippen MR) is 67.0 cm³/mol. The lowest BCUT2D eigenvalue weighted by molar-refractivity contribution is 0.467. The average Bonchev–Trinajstić information content (AvgIpc) is 2.18. The minimum absolute atomic E-state index is 0.141. The summed E-state index contributed by atoms with van der Waals surface area (Å²) in [6.45, 7) is 3.75. The van der Waals surface area contributed by atoms with E-state index >= 15 is 0 Å². The number of hydrogen-bond donors (Lipinski definition) is 3. The number of para-hydroxylation sites is 1. The van der Waals surface area contributed by atoms with Gasteiger partial charge in [-0.3, -0.25) is 0 Å². The molecule has 0 heterocycles. The highest BCUT2D eigenvalue weighted by atomic mass is 32.2. The lowest BCUT2D eigenvalue weighted by Gasteiger charge is -2.10. The monoisotopic (exact) mass is 258 g/mol. The van der Waals surface area contributed by atoms with Crippen LogP contribution in [0.1, 0.15) is 19.4 Å². The van der Waals surface area contributed by atoms with E-state index in [1.165, 1.54) is 0 Å². The zero-order chi connectivity index (χ0) is 12.9. The van der Waals surface area contributed by atoms with E-state index in [2.05, 4.69) is 9.44 Å². The van der Waals surface area contributed by atoms with Gasteiger partial charge < -0.3 is 5.11 Å². The van der Waals surface area contributed by atoms with Gasteiger partial charge >= 0.3 is 0 Å². The molecular weight excluding hydrogens is 240 g/mol. The van der Waals surface area contributed by atoms with Gasteiger partial charge in [0.05, 0.1) is 0 Å². The maximum atomic E-state index is 11.4. The lowest BCUT2D eigenvalue weighted by Crippen LogP contribution is -2.41. The summed E-state index contributed by atoms with van der Waals surface area (Å²) in [5.41, 5.74) is 0.722. The van der Waals surface area contributed by atoms with Gasteiger partial charge in [-0.05, 0) is 31.9 Å². The molecule has 0 saturated heterocycles. The largest absolute Gasteiger partial charge is 0.508 e. The van der Waals surface area contributed by atoms with Crippen LogP contribution in [0.25, 0.3) is 0 Å². The molecule has 6 heteroatoms. The average molecular weight is 258 g/mol. The Labute approximate surface area is 102 Å². The second-order valence-electron chi connectivity index (χ2n) is 4.05. The van der Waals surface area contributed by atoms with E-state index in [0.717, 1.165) is 5.56 Å². The molecule has 0 unspecified atom stereocenters. The van der Waals surface area contributed by atoms with Crippen molar-refractivity contribution in [2.45, 2.75) is 26.3 Å². The van der Waals surface area contributed by atoms with E-state index in [9.17, 15) is 13.5 Å². The van der Waals surface area contributed by atoms with E-state index in [1.807, 2.05) is 0 Å². The Kier molecular flexibility index (Phi) is 4.92. The van der Waals surface area contributed by atoms with Gasteiger partial charge in [0.25, 0.3) is 10.2 Å². The first kappa shape index (κ1) is 14.0. The number of nitrogens with one attached hydrogen (secondary N) is 2. The van der Waals surface area contributed by atoms with Crippen molar-refractivity contribution in [2.24, 2.45) is 0 Å². The fourth-order valence-corrected chi connectivity index (χ4v) is 2.47. The van der Waals surface area contributed by atoms with Crippen molar-refractivity contribution in [2.75, 3.05) is 6.54 Å². The summed E-state index contributed by atoms with van der Waals surface area (Å²) in [5.74, 6) is 0.184. The summed E-state index contributed by atoms with van der Waals surface area (Å²) >= 11 is 0. The van der Waals surface area contributed by atoms with Crippen LogP contribution in [0.4, 0.5) is 0 Å². The number of rotatable bonds is 6. The molecule has 0 aliphatic heterocycles. The van der Waals surface area contributed by atoms with Crippen LogP contribution in [0.15, 0.2) is 24.3 Å². The first-order valence-electron chi connectivity index (χ1n) is 5.44. The second kappa shape index (κ2) is 6.00.